The van der Waals surface area contributed by atoms with Gasteiger partial charge in [-0.2, -0.15) is 0 Å². The normalized spacial score (nSPS) is 14.9. The maximum Gasteiger partial charge on any atom is 0.336 e. The lowest BCUT2D eigenvalue weighted by atomic mass is 9.96. The second-order valence-electron chi connectivity index (χ2n) is 5.55. The Morgan fingerprint density at radius 1 is 1.26 bits per heavy atom. The minimum atomic E-state index is -0.850. The molecule has 0 unspecified atom stereocenters. The largest absolute Gasteiger partial charge is 0.478 e. The summed E-state index contributed by atoms with van der Waals surface area (Å²) in [5.74, 6) is -0.389. The van der Waals surface area contributed by atoms with Crippen molar-refractivity contribution >= 4 is 16.9 Å². The van der Waals surface area contributed by atoms with Gasteiger partial charge in [0.1, 0.15) is 0 Å². The summed E-state index contributed by atoms with van der Waals surface area (Å²) in [6.07, 6.45) is 2.26. The number of pyridine rings is 1. The van der Waals surface area contributed by atoms with Gasteiger partial charge in [-0.05, 0) is 50.8 Å². The highest BCUT2D eigenvalue weighted by Gasteiger charge is 2.30. The Balaban J connectivity index is 2.44. The Kier molecular flexibility index (Phi) is 2.59. The Bertz CT molecular complexity index is 700. The van der Waals surface area contributed by atoms with Gasteiger partial charge in [0.05, 0.1) is 11.1 Å². The summed E-state index contributed by atoms with van der Waals surface area (Å²) in [7, 11) is 0. The molecule has 0 bridgehead atoms. The smallest absolute Gasteiger partial charge is 0.336 e. The van der Waals surface area contributed by atoms with E-state index in [2.05, 4.69) is 6.07 Å². The predicted molar refractivity (Wildman–Crippen MR) is 74.9 cm³/mol. The third-order valence-corrected chi connectivity index (χ3v) is 3.88. The molecule has 2 aromatic rings. The van der Waals surface area contributed by atoms with Gasteiger partial charge in [-0.15, -0.1) is 0 Å². The molecule has 3 rings (SSSR count). The summed E-state index contributed by atoms with van der Waals surface area (Å²) in [5.41, 5.74) is 5.23. The van der Waals surface area contributed by atoms with Gasteiger partial charge < -0.3 is 5.11 Å². The highest BCUT2D eigenvalue weighted by Crippen LogP contribution is 2.42. The average molecular weight is 255 g/mol. The minimum Gasteiger partial charge on any atom is -0.478 e. The summed E-state index contributed by atoms with van der Waals surface area (Å²) in [5, 5.41) is 10.3. The van der Waals surface area contributed by atoms with E-state index in [1.807, 2.05) is 26.8 Å². The first kappa shape index (κ1) is 12.2. The molecule has 19 heavy (non-hydrogen) atoms. The molecule has 1 aromatic carbocycles. The van der Waals surface area contributed by atoms with Crippen LogP contribution in [0, 0.1) is 20.8 Å². The van der Waals surface area contributed by atoms with Crippen LogP contribution in [0.3, 0.4) is 0 Å². The van der Waals surface area contributed by atoms with Crippen molar-refractivity contribution in [3.05, 3.63) is 40.1 Å². The molecule has 1 heterocycles. The summed E-state index contributed by atoms with van der Waals surface area (Å²) in [6, 6.07) is 4.00. The van der Waals surface area contributed by atoms with Crippen LogP contribution in [0.1, 0.15) is 51.5 Å². The molecule has 0 amide bonds. The summed E-state index contributed by atoms with van der Waals surface area (Å²) < 4.78 is 0. The molecule has 3 heteroatoms. The van der Waals surface area contributed by atoms with E-state index in [1.165, 1.54) is 0 Å². The Labute approximate surface area is 112 Å². The van der Waals surface area contributed by atoms with Gasteiger partial charge in [0.2, 0.25) is 0 Å². The SMILES string of the molecule is Cc1cc(C)c2nc(C3CC3)c(C)c(C(=O)O)c2c1. The number of carbonyl (C=O) groups is 1. The highest BCUT2D eigenvalue weighted by molar-refractivity contribution is 6.05. The fourth-order valence-corrected chi connectivity index (χ4v) is 2.86. The number of aryl methyl sites for hydroxylation is 2. The summed E-state index contributed by atoms with van der Waals surface area (Å²) in [4.78, 5) is 16.4. The van der Waals surface area contributed by atoms with E-state index in [0.29, 0.717) is 11.5 Å². The minimum absolute atomic E-state index is 0.429. The average Bonchev–Trinajstić information content (AvgIpc) is 3.11. The predicted octanol–water partition coefficient (Wildman–Crippen LogP) is 3.74. The number of rotatable bonds is 2. The Hall–Kier alpha value is -1.90. The van der Waals surface area contributed by atoms with Gasteiger partial charge >= 0.3 is 5.97 Å². The second kappa shape index (κ2) is 4.05. The number of aromatic nitrogens is 1. The third-order valence-electron chi connectivity index (χ3n) is 3.88. The zero-order valence-electron chi connectivity index (χ0n) is 11.4. The first-order valence-electron chi connectivity index (χ1n) is 6.63. The molecule has 0 aliphatic heterocycles. The maximum absolute atomic E-state index is 11.6. The van der Waals surface area contributed by atoms with Crippen molar-refractivity contribution in [1.29, 1.82) is 0 Å². The molecule has 1 fully saturated rings. The zero-order chi connectivity index (χ0) is 13.7. The van der Waals surface area contributed by atoms with Crippen molar-refractivity contribution in [2.45, 2.75) is 39.5 Å². The first-order valence-corrected chi connectivity index (χ1v) is 6.63. The molecular formula is C16H17NO2. The quantitative estimate of drug-likeness (QED) is 0.889. The lowest BCUT2D eigenvalue weighted by Crippen LogP contribution is -2.07. The molecule has 0 saturated heterocycles. The van der Waals surface area contributed by atoms with Crippen LogP contribution in [0.5, 0.6) is 0 Å². The Morgan fingerprint density at radius 2 is 1.95 bits per heavy atom. The first-order chi connectivity index (χ1) is 8.99. The molecule has 1 aromatic heterocycles. The number of carboxylic acid groups (broad SMARTS) is 1. The Morgan fingerprint density at radius 3 is 2.53 bits per heavy atom. The number of hydrogen-bond acceptors (Lipinski definition) is 2. The molecule has 1 N–H and O–H groups in total. The standard InChI is InChI=1S/C16H17NO2/c1-8-6-9(2)14-12(7-8)13(16(18)19)10(3)15(17-14)11-4-5-11/h6-7,11H,4-5H2,1-3H3,(H,18,19). The fourth-order valence-electron chi connectivity index (χ4n) is 2.86. The molecule has 1 aliphatic rings. The van der Waals surface area contributed by atoms with Crippen LogP contribution in [0.15, 0.2) is 12.1 Å². The van der Waals surface area contributed by atoms with Crippen molar-refractivity contribution in [2.75, 3.05) is 0 Å². The lowest BCUT2D eigenvalue weighted by molar-refractivity contribution is 0.0698. The number of aromatic carboxylic acids is 1. The molecule has 0 atom stereocenters. The molecule has 1 saturated carbocycles. The number of nitrogens with zero attached hydrogens (tertiary/aromatic N) is 1. The number of benzene rings is 1. The van der Waals surface area contributed by atoms with Crippen molar-refractivity contribution in [3.63, 3.8) is 0 Å². The van der Waals surface area contributed by atoms with Gasteiger partial charge in [0, 0.05) is 17.0 Å². The van der Waals surface area contributed by atoms with E-state index >= 15 is 0 Å². The van der Waals surface area contributed by atoms with E-state index in [4.69, 9.17) is 4.98 Å². The number of hydrogen-bond donors (Lipinski definition) is 1. The monoisotopic (exact) mass is 255 g/mol. The van der Waals surface area contributed by atoms with Crippen molar-refractivity contribution in [1.82, 2.24) is 4.98 Å². The van der Waals surface area contributed by atoms with E-state index in [0.717, 1.165) is 46.1 Å². The molecule has 98 valence electrons. The second-order valence-corrected chi connectivity index (χ2v) is 5.55. The molecule has 3 nitrogen and oxygen atoms in total. The van der Waals surface area contributed by atoms with Gasteiger partial charge in [-0.3, -0.25) is 4.98 Å². The van der Waals surface area contributed by atoms with E-state index in [-0.39, 0.29) is 0 Å². The highest BCUT2D eigenvalue weighted by atomic mass is 16.4. The van der Waals surface area contributed by atoms with E-state index in [1.54, 1.807) is 0 Å². The van der Waals surface area contributed by atoms with Crippen molar-refractivity contribution in [2.24, 2.45) is 0 Å². The molecular weight excluding hydrogens is 238 g/mol. The van der Waals surface area contributed by atoms with Crippen LogP contribution in [-0.4, -0.2) is 16.1 Å². The fraction of sp³-hybridized carbons (Fsp3) is 0.375. The van der Waals surface area contributed by atoms with Gasteiger partial charge in [-0.1, -0.05) is 11.6 Å². The maximum atomic E-state index is 11.6. The lowest BCUT2D eigenvalue weighted by Gasteiger charge is -2.13. The van der Waals surface area contributed by atoms with Crippen LogP contribution < -0.4 is 0 Å². The number of fused-ring (bicyclic) bond motifs is 1. The van der Waals surface area contributed by atoms with Gasteiger partial charge in [-0.25, -0.2) is 4.79 Å². The third kappa shape index (κ3) is 1.89. The van der Waals surface area contributed by atoms with E-state index in [9.17, 15) is 9.90 Å². The van der Waals surface area contributed by atoms with Crippen LogP contribution in [0.25, 0.3) is 10.9 Å². The van der Waals surface area contributed by atoms with Gasteiger partial charge in [0.15, 0.2) is 0 Å². The molecule has 0 spiro atoms. The van der Waals surface area contributed by atoms with Crippen LogP contribution in [-0.2, 0) is 0 Å². The summed E-state index contributed by atoms with van der Waals surface area (Å²) >= 11 is 0. The van der Waals surface area contributed by atoms with Gasteiger partial charge in [0.25, 0.3) is 0 Å². The van der Waals surface area contributed by atoms with Crippen molar-refractivity contribution < 1.29 is 9.90 Å². The molecule has 1 aliphatic carbocycles. The summed E-state index contributed by atoms with van der Waals surface area (Å²) in [6.45, 7) is 5.88. The number of carboxylic acids is 1. The topological polar surface area (TPSA) is 50.2 Å². The van der Waals surface area contributed by atoms with Crippen LogP contribution in [0.2, 0.25) is 0 Å². The molecule has 0 radical (unpaired) electrons. The van der Waals surface area contributed by atoms with E-state index < -0.39 is 5.97 Å². The van der Waals surface area contributed by atoms with Crippen molar-refractivity contribution in [3.8, 4) is 0 Å². The van der Waals surface area contributed by atoms with Crippen LogP contribution >= 0.6 is 0 Å². The van der Waals surface area contributed by atoms with Crippen LogP contribution in [0.4, 0.5) is 0 Å². The zero-order valence-corrected chi connectivity index (χ0v) is 11.4.